The largest absolute Gasteiger partial charge is 0.368 e. The molecule has 158 valence electrons. The maximum Gasteiger partial charge on any atom is 0.229 e. The Kier molecular flexibility index (Phi) is 5.43. The minimum absolute atomic E-state index is 0.00651. The van der Waals surface area contributed by atoms with Crippen molar-refractivity contribution in [3.8, 4) is 5.82 Å². The summed E-state index contributed by atoms with van der Waals surface area (Å²) < 4.78 is 27.2. The van der Waals surface area contributed by atoms with Gasteiger partial charge in [0.25, 0.3) is 0 Å². The second kappa shape index (κ2) is 8.19. The van der Waals surface area contributed by atoms with Gasteiger partial charge in [-0.1, -0.05) is 24.3 Å². The number of nitrogens with one attached hydrogen (secondary N) is 1. The fraction of sp³-hybridized carbons (Fsp3) is 0.136. The molecule has 0 radical (unpaired) electrons. The van der Waals surface area contributed by atoms with Crippen molar-refractivity contribution >= 4 is 38.3 Å². The lowest BCUT2D eigenvalue weighted by Gasteiger charge is -2.08. The highest BCUT2D eigenvalue weighted by Gasteiger charge is 2.14. The smallest absolute Gasteiger partial charge is 0.229 e. The van der Waals surface area contributed by atoms with Crippen LogP contribution < -0.4 is 10.5 Å². The van der Waals surface area contributed by atoms with Gasteiger partial charge in [-0.15, -0.1) is 0 Å². The van der Waals surface area contributed by atoms with E-state index < -0.39 is 10.0 Å². The summed E-state index contributed by atoms with van der Waals surface area (Å²) in [5.41, 5.74) is 8.54. The number of nitrogens with zero attached hydrogens (tertiary/aromatic N) is 3. The maximum atomic E-state index is 13.0. The number of nitrogen functional groups attached to an aromatic ring is 1. The standard InChI is InChI=1S/C22H21N5O3S/c1-31(29,30)26-16-5-2-4-15(14-16)8-9-20(28)18-6-3-7-19-17(18)11-13-27(19)21-10-12-24-22(23)25-21/h2-7,10-14,26H,8-9H2,1H3,(H2,23,24,25). The number of carbonyl (C=O) groups is 1. The van der Waals surface area contributed by atoms with Crippen LogP contribution in [0.2, 0.25) is 0 Å². The average molecular weight is 436 g/mol. The van der Waals surface area contributed by atoms with Crippen LogP contribution >= 0.6 is 0 Å². The molecule has 9 heteroatoms. The third kappa shape index (κ3) is 4.72. The summed E-state index contributed by atoms with van der Waals surface area (Å²) in [7, 11) is -3.35. The fourth-order valence-corrected chi connectivity index (χ4v) is 4.06. The Balaban J connectivity index is 1.56. The first-order chi connectivity index (χ1) is 14.8. The first kappa shape index (κ1) is 20.5. The van der Waals surface area contributed by atoms with Crippen molar-refractivity contribution in [3.05, 3.63) is 78.1 Å². The van der Waals surface area contributed by atoms with Crippen molar-refractivity contribution in [1.82, 2.24) is 14.5 Å². The summed E-state index contributed by atoms with van der Waals surface area (Å²) >= 11 is 0. The highest BCUT2D eigenvalue weighted by molar-refractivity contribution is 7.92. The van der Waals surface area contributed by atoms with Crippen LogP contribution in [-0.2, 0) is 16.4 Å². The first-order valence-electron chi connectivity index (χ1n) is 9.59. The summed E-state index contributed by atoms with van der Waals surface area (Å²) in [6.07, 6.45) is 5.34. The molecule has 4 rings (SSSR count). The van der Waals surface area contributed by atoms with Gasteiger partial charge in [0.1, 0.15) is 5.82 Å². The molecular weight excluding hydrogens is 414 g/mol. The predicted octanol–water partition coefficient (Wildman–Crippen LogP) is 3.19. The molecule has 0 bridgehead atoms. The fourth-order valence-electron chi connectivity index (χ4n) is 3.51. The molecule has 0 aliphatic rings. The third-order valence-corrected chi connectivity index (χ3v) is 5.42. The Bertz CT molecular complexity index is 1380. The van der Waals surface area contributed by atoms with Crippen LogP contribution in [0.3, 0.4) is 0 Å². The SMILES string of the molecule is CS(=O)(=O)Nc1cccc(CCC(=O)c2cccc3c2ccn3-c2ccnc(N)n2)c1. The zero-order valence-corrected chi connectivity index (χ0v) is 17.6. The summed E-state index contributed by atoms with van der Waals surface area (Å²) in [6.45, 7) is 0. The lowest BCUT2D eigenvalue weighted by Crippen LogP contribution is -2.09. The van der Waals surface area contributed by atoms with Crippen molar-refractivity contribution in [3.63, 3.8) is 0 Å². The van der Waals surface area contributed by atoms with E-state index in [-0.39, 0.29) is 11.7 Å². The molecule has 4 aromatic rings. The third-order valence-electron chi connectivity index (χ3n) is 4.81. The van der Waals surface area contributed by atoms with Crippen LogP contribution in [-0.4, -0.2) is 35.0 Å². The highest BCUT2D eigenvalue weighted by atomic mass is 32.2. The van der Waals surface area contributed by atoms with Gasteiger partial charge in [0, 0.05) is 35.5 Å². The molecule has 8 nitrogen and oxygen atoms in total. The van der Waals surface area contributed by atoms with Gasteiger partial charge in [0.15, 0.2) is 5.78 Å². The summed E-state index contributed by atoms with van der Waals surface area (Å²) in [5.74, 6) is 0.813. The molecule has 0 amide bonds. The lowest BCUT2D eigenvalue weighted by molar-refractivity contribution is 0.0984. The number of rotatable bonds is 7. The molecule has 0 saturated carbocycles. The molecule has 2 aromatic carbocycles. The molecule has 2 aromatic heterocycles. The Morgan fingerprint density at radius 2 is 1.94 bits per heavy atom. The molecule has 0 unspecified atom stereocenters. The molecule has 0 aliphatic carbocycles. The van der Waals surface area contributed by atoms with E-state index >= 15 is 0 Å². The van der Waals surface area contributed by atoms with Crippen molar-refractivity contribution in [1.29, 1.82) is 0 Å². The summed E-state index contributed by atoms with van der Waals surface area (Å²) in [4.78, 5) is 21.1. The number of nitrogens with two attached hydrogens (primary N) is 1. The molecule has 3 N–H and O–H groups in total. The van der Waals surface area contributed by atoms with Crippen LogP contribution in [0.25, 0.3) is 16.7 Å². The number of fused-ring (bicyclic) bond motifs is 1. The second-order valence-electron chi connectivity index (χ2n) is 7.19. The summed E-state index contributed by atoms with van der Waals surface area (Å²) in [5, 5.41) is 0.831. The van der Waals surface area contributed by atoms with Crippen LogP contribution in [0.1, 0.15) is 22.3 Å². The topological polar surface area (TPSA) is 120 Å². The van der Waals surface area contributed by atoms with Crippen LogP contribution in [0, 0.1) is 0 Å². The number of sulfonamides is 1. The van der Waals surface area contributed by atoms with Crippen molar-refractivity contribution < 1.29 is 13.2 Å². The number of hydrogen-bond donors (Lipinski definition) is 2. The van der Waals surface area contributed by atoms with Gasteiger partial charge in [-0.2, -0.15) is 4.98 Å². The van der Waals surface area contributed by atoms with E-state index in [4.69, 9.17) is 5.73 Å². The Hall–Kier alpha value is -3.72. The van der Waals surface area contributed by atoms with Gasteiger partial charge >= 0.3 is 0 Å². The van der Waals surface area contributed by atoms with Gasteiger partial charge in [-0.3, -0.25) is 9.52 Å². The first-order valence-corrected chi connectivity index (χ1v) is 11.5. The molecule has 0 spiro atoms. The van der Waals surface area contributed by atoms with E-state index in [9.17, 15) is 13.2 Å². The monoisotopic (exact) mass is 435 g/mol. The minimum atomic E-state index is -3.35. The van der Waals surface area contributed by atoms with E-state index in [1.807, 2.05) is 41.1 Å². The van der Waals surface area contributed by atoms with Gasteiger partial charge in [0.05, 0.1) is 11.8 Å². The zero-order chi connectivity index (χ0) is 22.0. The second-order valence-corrected chi connectivity index (χ2v) is 8.94. The van der Waals surface area contributed by atoms with Crippen molar-refractivity contribution in [2.45, 2.75) is 12.8 Å². The average Bonchev–Trinajstić information content (AvgIpc) is 3.15. The Morgan fingerprint density at radius 1 is 1.13 bits per heavy atom. The van der Waals surface area contributed by atoms with Crippen LogP contribution in [0.15, 0.2) is 67.0 Å². The molecular formula is C22H21N5O3S. The van der Waals surface area contributed by atoms with E-state index in [1.165, 1.54) is 0 Å². The number of anilines is 2. The molecule has 2 heterocycles. The number of benzene rings is 2. The number of hydrogen-bond acceptors (Lipinski definition) is 6. The molecule has 0 fully saturated rings. The van der Waals surface area contributed by atoms with Gasteiger partial charge in [0.2, 0.25) is 16.0 Å². The quantitative estimate of drug-likeness (QED) is 0.430. The van der Waals surface area contributed by atoms with Crippen LogP contribution in [0.4, 0.5) is 11.6 Å². The van der Waals surface area contributed by atoms with E-state index in [0.717, 1.165) is 22.7 Å². The normalized spacial score (nSPS) is 11.5. The molecule has 0 atom stereocenters. The summed E-state index contributed by atoms with van der Waals surface area (Å²) in [6, 6.07) is 16.3. The van der Waals surface area contributed by atoms with Gasteiger partial charge < -0.3 is 10.3 Å². The molecule has 31 heavy (non-hydrogen) atoms. The number of ketones is 1. The Labute approximate surface area is 179 Å². The minimum Gasteiger partial charge on any atom is -0.368 e. The van der Waals surface area contributed by atoms with Gasteiger partial charge in [-0.05, 0) is 42.3 Å². The lowest BCUT2D eigenvalue weighted by atomic mass is 10.00. The van der Waals surface area contributed by atoms with Crippen LogP contribution in [0.5, 0.6) is 0 Å². The van der Waals surface area contributed by atoms with E-state index in [2.05, 4.69) is 14.7 Å². The number of Topliss-reactive ketones (excluding diaryl/α,β-unsaturated/α-hetero) is 1. The van der Waals surface area contributed by atoms with Crippen molar-refractivity contribution in [2.75, 3.05) is 16.7 Å². The molecule has 0 aliphatic heterocycles. The van der Waals surface area contributed by atoms with Crippen molar-refractivity contribution in [2.24, 2.45) is 0 Å². The predicted molar refractivity (Wildman–Crippen MR) is 121 cm³/mol. The molecule has 0 saturated heterocycles. The van der Waals surface area contributed by atoms with Gasteiger partial charge in [-0.25, -0.2) is 13.4 Å². The van der Waals surface area contributed by atoms with E-state index in [1.54, 1.807) is 30.5 Å². The number of aromatic nitrogens is 3. The maximum absolute atomic E-state index is 13.0. The highest BCUT2D eigenvalue weighted by Crippen LogP contribution is 2.25. The number of aryl methyl sites for hydroxylation is 1. The Morgan fingerprint density at radius 3 is 2.71 bits per heavy atom. The zero-order valence-electron chi connectivity index (χ0n) is 16.8. The number of carbonyl (C=O) groups excluding carboxylic acids is 1. The van der Waals surface area contributed by atoms with E-state index in [0.29, 0.717) is 29.9 Å².